The second-order valence-corrected chi connectivity index (χ2v) is 2.88. The number of rotatable bonds is 1. The van der Waals surface area contributed by atoms with Crippen LogP contribution in [0.25, 0.3) is 0 Å². The van der Waals surface area contributed by atoms with Crippen molar-refractivity contribution in [1.82, 2.24) is 10.9 Å². The molecule has 66 valence electrons. The molecule has 0 saturated heterocycles. The average molecular weight is 174 g/mol. The summed E-state index contributed by atoms with van der Waals surface area (Å²) >= 11 is 0. The van der Waals surface area contributed by atoms with E-state index in [2.05, 4.69) is 10.9 Å². The average Bonchev–Trinajstić information content (AvgIpc) is 2.20. The number of hydrogen-bond donors (Lipinski definition) is 2. The first-order valence-electron chi connectivity index (χ1n) is 4.15. The van der Waals surface area contributed by atoms with Gasteiger partial charge in [-0.15, -0.1) is 0 Å². The highest BCUT2D eigenvalue weighted by Crippen LogP contribution is 2.14. The molecular formula is C10H10N2O. The summed E-state index contributed by atoms with van der Waals surface area (Å²) in [6.45, 7) is 0. The summed E-state index contributed by atoms with van der Waals surface area (Å²) in [6.07, 6.45) is 3.38. The van der Waals surface area contributed by atoms with Crippen LogP contribution in [0.1, 0.15) is 11.6 Å². The molecule has 3 heteroatoms. The standard InChI is InChI=1S/C10H10N2O/c13-10-7-6-9(11-12-10)8-4-2-1-3-5-8/h1-7,9,11H,(H,12,13)/t9-/m1/s1. The van der Waals surface area contributed by atoms with Gasteiger partial charge in [-0.05, 0) is 5.56 Å². The summed E-state index contributed by atoms with van der Waals surface area (Å²) < 4.78 is 0. The summed E-state index contributed by atoms with van der Waals surface area (Å²) in [5, 5.41) is 0. The van der Waals surface area contributed by atoms with Crippen molar-refractivity contribution in [3.63, 3.8) is 0 Å². The van der Waals surface area contributed by atoms with Gasteiger partial charge in [0.25, 0.3) is 5.91 Å². The van der Waals surface area contributed by atoms with E-state index < -0.39 is 0 Å². The molecule has 1 heterocycles. The van der Waals surface area contributed by atoms with Crippen LogP contribution in [0.15, 0.2) is 42.5 Å². The van der Waals surface area contributed by atoms with Gasteiger partial charge in [-0.3, -0.25) is 10.2 Å². The van der Waals surface area contributed by atoms with Crippen molar-refractivity contribution in [3.8, 4) is 0 Å². The van der Waals surface area contributed by atoms with Crippen LogP contribution in [0, 0.1) is 0 Å². The third-order valence-electron chi connectivity index (χ3n) is 1.95. The van der Waals surface area contributed by atoms with Gasteiger partial charge in [-0.2, -0.15) is 0 Å². The van der Waals surface area contributed by atoms with Gasteiger partial charge in [-0.25, -0.2) is 5.43 Å². The van der Waals surface area contributed by atoms with Crippen LogP contribution in [0.5, 0.6) is 0 Å². The van der Waals surface area contributed by atoms with E-state index in [1.165, 1.54) is 6.08 Å². The summed E-state index contributed by atoms with van der Waals surface area (Å²) in [7, 11) is 0. The van der Waals surface area contributed by atoms with E-state index in [0.717, 1.165) is 5.56 Å². The largest absolute Gasteiger partial charge is 0.287 e. The molecule has 1 atom stereocenters. The van der Waals surface area contributed by atoms with Crippen LogP contribution < -0.4 is 10.9 Å². The van der Waals surface area contributed by atoms with Gasteiger partial charge in [0.05, 0.1) is 6.04 Å². The molecule has 1 amide bonds. The minimum Gasteiger partial charge on any atom is -0.287 e. The van der Waals surface area contributed by atoms with E-state index in [9.17, 15) is 4.79 Å². The number of benzene rings is 1. The highest BCUT2D eigenvalue weighted by atomic mass is 16.2. The zero-order chi connectivity index (χ0) is 9.10. The second kappa shape index (κ2) is 3.41. The predicted molar refractivity (Wildman–Crippen MR) is 49.6 cm³/mol. The summed E-state index contributed by atoms with van der Waals surface area (Å²) in [4.78, 5) is 10.8. The lowest BCUT2D eigenvalue weighted by Gasteiger charge is -2.18. The maximum atomic E-state index is 10.8. The molecule has 0 radical (unpaired) electrons. The lowest BCUT2D eigenvalue weighted by Crippen LogP contribution is -2.41. The fraction of sp³-hybridized carbons (Fsp3) is 0.100. The molecule has 3 nitrogen and oxygen atoms in total. The number of amides is 1. The van der Waals surface area contributed by atoms with Crippen LogP contribution in [-0.2, 0) is 4.79 Å². The van der Waals surface area contributed by atoms with E-state index in [-0.39, 0.29) is 11.9 Å². The Morgan fingerprint density at radius 3 is 2.54 bits per heavy atom. The molecule has 0 saturated carbocycles. The molecule has 2 N–H and O–H groups in total. The molecule has 0 spiro atoms. The second-order valence-electron chi connectivity index (χ2n) is 2.88. The van der Waals surface area contributed by atoms with Crippen LogP contribution >= 0.6 is 0 Å². The van der Waals surface area contributed by atoms with Gasteiger partial charge in [0.15, 0.2) is 0 Å². The van der Waals surface area contributed by atoms with Crippen molar-refractivity contribution in [2.24, 2.45) is 0 Å². The van der Waals surface area contributed by atoms with Crippen molar-refractivity contribution in [3.05, 3.63) is 48.0 Å². The first-order chi connectivity index (χ1) is 6.36. The van der Waals surface area contributed by atoms with E-state index in [1.54, 1.807) is 0 Å². The van der Waals surface area contributed by atoms with Crippen LogP contribution in [0.4, 0.5) is 0 Å². The molecule has 1 aliphatic heterocycles. The number of hydrogen-bond acceptors (Lipinski definition) is 2. The Morgan fingerprint density at radius 1 is 1.15 bits per heavy atom. The minimum absolute atomic E-state index is 0.0823. The van der Waals surface area contributed by atoms with Gasteiger partial charge in [-0.1, -0.05) is 36.4 Å². The minimum atomic E-state index is -0.104. The summed E-state index contributed by atoms with van der Waals surface area (Å²) in [6, 6.07) is 10.0. The van der Waals surface area contributed by atoms with Gasteiger partial charge < -0.3 is 0 Å². The molecule has 0 bridgehead atoms. The lowest BCUT2D eigenvalue weighted by molar-refractivity contribution is -0.118. The molecule has 2 rings (SSSR count). The quantitative estimate of drug-likeness (QED) is 0.664. The van der Waals surface area contributed by atoms with Gasteiger partial charge >= 0.3 is 0 Å². The molecule has 1 aromatic carbocycles. The Morgan fingerprint density at radius 2 is 1.92 bits per heavy atom. The SMILES string of the molecule is O=C1C=C[C@H](c2ccccc2)NN1. The molecule has 0 aliphatic carbocycles. The summed E-state index contributed by atoms with van der Waals surface area (Å²) in [5.74, 6) is -0.104. The predicted octanol–water partition coefficient (Wildman–Crippen LogP) is 0.918. The van der Waals surface area contributed by atoms with E-state index >= 15 is 0 Å². The molecule has 13 heavy (non-hydrogen) atoms. The monoisotopic (exact) mass is 174 g/mol. The highest BCUT2D eigenvalue weighted by molar-refractivity contribution is 5.88. The lowest BCUT2D eigenvalue weighted by atomic mass is 10.1. The fourth-order valence-electron chi connectivity index (χ4n) is 1.28. The normalized spacial score (nSPS) is 21.2. The smallest absolute Gasteiger partial charge is 0.257 e. The molecule has 1 aliphatic rings. The number of carbonyl (C=O) groups excluding carboxylic acids is 1. The maximum absolute atomic E-state index is 10.8. The van der Waals surface area contributed by atoms with Crippen molar-refractivity contribution in [2.45, 2.75) is 6.04 Å². The first-order valence-corrected chi connectivity index (χ1v) is 4.15. The van der Waals surface area contributed by atoms with E-state index in [0.29, 0.717) is 0 Å². The fourth-order valence-corrected chi connectivity index (χ4v) is 1.28. The Hall–Kier alpha value is -1.61. The van der Waals surface area contributed by atoms with Crippen molar-refractivity contribution in [2.75, 3.05) is 0 Å². The number of carbonyl (C=O) groups is 1. The van der Waals surface area contributed by atoms with Crippen LogP contribution in [-0.4, -0.2) is 5.91 Å². The van der Waals surface area contributed by atoms with Crippen molar-refractivity contribution in [1.29, 1.82) is 0 Å². The number of hydrazine groups is 1. The third-order valence-corrected chi connectivity index (χ3v) is 1.95. The first kappa shape index (κ1) is 8.01. The topological polar surface area (TPSA) is 41.1 Å². The Balaban J connectivity index is 2.20. The van der Waals surface area contributed by atoms with Gasteiger partial charge in [0.2, 0.25) is 0 Å². The molecule has 0 aromatic heterocycles. The zero-order valence-electron chi connectivity index (χ0n) is 7.03. The molecule has 0 fully saturated rings. The highest BCUT2D eigenvalue weighted by Gasteiger charge is 2.11. The number of nitrogens with one attached hydrogen (secondary N) is 2. The zero-order valence-corrected chi connectivity index (χ0v) is 7.03. The van der Waals surface area contributed by atoms with Gasteiger partial charge in [0.1, 0.15) is 0 Å². The summed E-state index contributed by atoms with van der Waals surface area (Å²) in [5.41, 5.74) is 6.59. The Bertz CT molecular complexity index is 332. The molecular weight excluding hydrogens is 164 g/mol. The molecule has 1 aromatic rings. The van der Waals surface area contributed by atoms with Gasteiger partial charge in [0, 0.05) is 6.08 Å². The van der Waals surface area contributed by atoms with E-state index in [4.69, 9.17) is 0 Å². The van der Waals surface area contributed by atoms with E-state index in [1.807, 2.05) is 36.4 Å². The van der Waals surface area contributed by atoms with Crippen molar-refractivity contribution < 1.29 is 4.79 Å². The Kier molecular flexibility index (Phi) is 2.10. The maximum Gasteiger partial charge on any atom is 0.257 e. The Labute approximate surface area is 76.4 Å². The van der Waals surface area contributed by atoms with Crippen LogP contribution in [0.3, 0.4) is 0 Å². The van der Waals surface area contributed by atoms with Crippen molar-refractivity contribution >= 4 is 5.91 Å². The third kappa shape index (κ3) is 1.76. The molecule has 0 unspecified atom stereocenters. The van der Waals surface area contributed by atoms with Crippen LogP contribution in [0.2, 0.25) is 0 Å².